The van der Waals surface area contributed by atoms with Gasteiger partial charge in [0.05, 0.1) is 17.9 Å². The van der Waals surface area contributed by atoms with Crippen LogP contribution >= 0.6 is 0 Å². The molecule has 2 bridgehead atoms. The number of nitrogens with one attached hydrogen (secondary N) is 2. The van der Waals surface area contributed by atoms with E-state index in [9.17, 15) is 14.4 Å². The van der Waals surface area contributed by atoms with Gasteiger partial charge in [-0.25, -0.2) is 0 Å². The Balaban J connectivity index is 1.43. The van der Waals surface area contributed by atoms with Crippen LogP contribution in [0.3, 0.4) is 0 Å². The number of aryl methyl sites for hydroxylation is 1. The number of amides is 3. The predicted octanol–water partition coefficient (Wildman–Crippen LogP) is 4.07. The number of ether oxygens (including phenoxy) is 1. The molecule has 3 amide bonds. The highest BCUT2D eigenvalue weighted by Crippen LogP contribution is 2.55. The molecule has 1 aromatic carbocycles. The Morgan fingerprint density at radius 1 is 1.19 bits per heavy atom. The molecule has 0 aromatic heterocycles. The van der Waals surface area contributed by atoms with E-state index in [0.29, 0.717) is 30.0 Å². The molecule has 2 N–H and O–H groups in total. The molecule has 37 heavy (non-hydrogen) atoms. The molecule has 8 unspecified atom stereocenters. The summed E-state index contributed by atoms with van der Waals surface area (Å²) in [6.07, 6.45) is 7.24. The first kappa shape index (κ1) is 26.0. The quantitative estimate of drug-likeness (QED) is 0.545. The van der Waals surface area contributed by atoms with Crippen LogP contribution in [0.15, 0.2) is 36.4 Å². The Morgan fingerprint density at radius 3 is 2.70 bits per heavy atom. The van der Waals surface area contributed by atoms with E-state index < -0.39 is 29.6 Å². The largest absolute Gasteiger partial charge is 0.359 e. The topological polar surface area (TPSA) is 87.7 Å². The van der Waals surface area contributed by atoms with Crippen molar-refractivity contribution in [2.75, 3.05) is 11.9 Å². The van der Waals surface area contributed by atoms with Crippen molar-refractivity contribution in [3.63, 3.8) is 0 Å². The molecule has 0 radical (unpaired) electrons. The molecule has 200 valence electrons. The number of carbonyl (C=O) groups excluding carboxylic acids is 3. The molecular formula is C30H41N3O4. The van der Waals surface area contributed by atoms with Gasteiger partial charge >= 0.3 is 0 Å². The van der Waals surface area contributed by atoms with Gasteiger partial charge in [0.25, 0.3) is 0 Å². The number of hydrogen-bond donors (Lipinski definition) is 2. The summed E-state index contributed by atoms with van der Waals surface area (Å²) < 4.78 is 6.46. The summed E-state index contributed by atoms with van der Waals surface area (Å²) >= 11 is 0. The van der Waals surface area contributed by atoms with E-state index in [1.165, 1.54) is 6.42 Å². The van der Waals surface area contributed by atoms with Gasteiger partial charge in [-0.3, -0.25) is 14.4 Å². The molecule has 4 aliphatic rings. The van der Waals surface area contributed by atoms with Crippen molar-refractivity contribution >= 4 is 23.4 Å². The van der Waals surface area contributed by atoms with Crippen molar-refractivity contribution in [3.8, 4) is 0 Å². The third-order valence-electron chi connectivity index (χ3n) is 9.19. The maximum absolute atomic E-state index is 14.0. The first-order valence-corrected chi connectivity index (χ1v) is 14.0. The second kappa shape index (κ2) is 9.90. The van der Waals surface area contributed by atoms with Crippen molar-refractivity contribution in [1.29, 1.82) is 0 Å². The number of carbonyl (C=O) groups is 3. The normalized spacial score (nSPS) is 36.2. The van der Waals surface area contributed by atoms with Crippen LogP contribution in [-0.4, -0.2) is 53.0 Å². The zero-order chi connectivity index (χ0) is 26.5. The van der Waals surface area contributed by atoms with E-state index in [0.717, 1.165) is 24.8 Å². The lowest BCUT2D eigenvalue weighted by Crippen LogP contribution is -2.58. The standard InChI is InChI=1S/C30H41N3O4/c1-17(2)13-15-33-26(28(35)32-22-11-7-9-19(4)20(22)5)30-14-12-23(37-30)24(25(30)29(33)36)27(34)31-21-10-6-8-18(3)16-21/h6,8,10,12,14,16-17,19-20,22-26H,7,9,11,13,15H2,1-5H3,(H,31,34)(H,32,35). The lowest BCUT2D eigenvalue weighted by molar-refractivity contribution is -0.141. The molecule has 3 fully saturated rings. The Hall–Kier alpha value is -2.67. The third kappa shape index (κ3) is 4.49. The van der Waals surface area contributed by atoms with Crippen molar-refractivity contribution in [3.05, 3.63) is 42.0 Å². The van der Waals surface area contributed by atoms with E-state index in [4.69, 9.17) is 4.74 Å². The summed E-state index contributed by atoms with van der Waals surface area (Å²) in [5.41, 5.74) is 0.627. The number of anilines is 1. The highest BCUT2D eigenvalue weighted by Gasteiger charge is 2.72. The molecule has 3 heterocycles. The van der Waals surface area contributed by atoms with Crippen LogP contribution in [0.1, 0.15) is 58.9 Å². The van der Waals surface area contributed by atoms with Crippen molar-refractivity contribution in [2.45, 2.75) is 84.1 Å². The molecule has 8 atom stereocenters. The Kier molecular flexibility index (Phi) is 6.94. The number of rotatable bonds is 7. The number of fused-ring (bicyclic) bond motifs is 1. The van der Waals surface area contributed by atoms with Crippen molar-refractivity contribution < 1.29 is 19.1 Å². The SMILES string of the molecule is Cc1cccc(NC(=O)C2C3C=CC4(O3)C2C(=O)N(CCC(C)C)C4C(=O)NC2CCCC(C)C2C)c1. The van der Waals surface area contributed by atoms with Crippen molar-refractivity contribution in [2.24, 2.45) is 29.6 Å². The summed E-state index contributed by atoms with van der Waals surface area (Å²) in [5, 5.41) is 6.31. The summed E-state index contributed by atoms with van der Waals surface area (Å²) in [6.45, 7) is 11.1. The van der Waals surface area contributed by atoms with Crippen LogP contribution < -0.4 is 10.6 Å². The fraction of sp³-hybridized carbons (Fsp3) is 0.633. The minimum absolute atomic E-state index is 0.0803. The van der Waals surface area contributed by atoms with Crippen LogP contribution in [0.2, 0.25) is 0 Å². The molecule has 1 spiro atoms. The summed E-state index contributed by atoms with van der Waals surface area (Å²) in [4.78, 5) is 43.2. The second-order valence-corrected chi connectivity index (χ2v) is 12.2. The number of hydrogen-bond acceptors (Lipinski definition) is 4. The molecule has 1 aliphatic carbocycles. The highest BCUT2D eigenvalue weighted by atomic mass is 16.5. The van der Waals surface area contributed by atoms with E-state index in [1.54, 1.807) is 4.90 Å². The van der Waals surface area contributed by atoms with Gasteiger partial charge in [-0.2, -0.15) is 0 Å². The lowest BCUT2D eigenvalue weighted by atomic mass is 9.73. The zero-order valence-corrected chi connectivity index (χ0v) is 22.7. The van der Waals surface area contributed by atoms with Gasteiger partial charge in [-0.05, 0) is 55.2 Å². The fourth-order valence-corrected chi connectivity index (χ4v) is 6.90. The van der Waals surface area contributed by atoms with E-state index in [2.05, 4.69) is 38.3 Å². The zero-order valence-electron chi connectivity index (χ0n) is 22.7. The van der Waals surface area contributed by atoms with Gasteiger partial charge in [0.15, 0.2) is 0 Å². The first-order chi connectivity index (χ1) is 17.6. The average Bonchev–Trinajstić information content (AvgIpc) is 3.48. The molecule has 7 heteroatoms. The lowest BCUT2D eigenvalue weighted by Gasteiger charge is -2.38. The van der Waals surface area contributed by atoms with E-state index >= 15 is 0 Å². The Labute approximate surface area is 220 Å². The highest BCUT2D eigenvalue weighted by molar-refractivity contribution is 6.02. The monoisotopic (exact) mass is 507 g/mol. The minimum atomic E-state index is -1.11. The van der Waals surface area contributed by atoms with Crippen molar-refractivity contribution in [1.82, 2.24) is 10.2 Å². The number of benzene rings is 1. The molecule has 1 aromatic rings. The van der Waals surface area contributed by atoms with E-state index in [-0.39, 0.29) is 23.8 Å². The number of likely N-dealkylation sites (tertiary alicyclic amines) is 1. The maximum Gasteiger partial charge on any atom is 0.246 e. The van der Waals surface area contributed by atoms with Crippen LogP contribution in [0, 0.1) is 36.5 Å². The molecule has 7 nitrogen and oxygen atoms in total. The summed E-state index contributed by atoms with van der Waals surface area (Å²) in [5.74, 6) is -0.639. The molecule has 5 rings (SSSR count). The van der Waals surface area contributed by atoms with Crippen LogP contribution in [-0.2, 0) is 19.1 Å². The van der Waals surface area contributed by atoms with Gasteiger partial charge < -0.3 is 20.3 Å². The van der Waals surface area contributed by atoms with Crippen LogP contribution in [0.25, 0.3) is 0 Å². The fourth-order valence-electron chi connectivity index (χ4n) is 6.90. The third-order valence-corrected chi connectivity index (χ3v) is 9.19. The van der Waals surface area contributed by atoms with Gasteiger partial charge in [0.1, 0.15) is 11.6 Å². The first-order valence-electron chi connectivity index (χ1n) is 14.0. The van der Waals surface area contributed by atoms with Crippen LogP contribution in [0.5, 0.6) is 0 Å². The molecular weight excluding hydrogens is 466 g/mol. The van der Waals surface area contributed by atoms with Gasteiger partial charge in [-0.1, -0.05) is 64.8 Å². The predicted molar refractivity (Wildman–Crippen MR) is 143 cm³/mol. The molecule has 1 saturated carbocycles. The molecule has 3 aliphatic heterocycles. The minimum Gasteiger partial charge on any atom is -0.359 e. The second-order valence-electron chi connectivity index (χ2n) is 12.2. The smallest absolute Gasteiger partial charge is 0.246 e. The van der Waals surface area contributed by atoms with Gasteiger partial charge in [0, 0.05) is 18.3 Å². The molecule has 2 saturated heterocycles. The van der Waals surface area contributed by atoms with Crippen LogP contribution in [0.4, 0.5) is 5.69 Å². The number of nitrogens with zero attached hydrogens (tertiary/aromatic N) is 1. The maximum atomic E-state index is 14.0. The Bertz CT molecular complexity index is 1100. The summed E-state index contributed by atoms with van der Waals surface area (Å²) in [6, 6.07) is 6.93. The average molecular weight is 508 g/mol. The summed E-state index contributed by atoms with van der Waals surface area (Å²) in [7, 11) is 0. The van der Waals surface area contributed by atoms with Gasteiger partial charge in [-0.15, -0.1) is 0 Å². The Morgan fingerprint density at radius 2 is 1.97 bits per heavy atom. The van der Waals surface area contributed by atoms with Gasteiger partial charge in [0.2, 0.25) is 17.7 Å². The van der Waals surface area contributed by atoms with E-state index in [1.807, 2.05) is 43.3 Å².